The minimum absolute atomic E-state index is 0.0706. The van der Waals surface area contributed by atoms with Crippen molar-refractivity contribution in [2.24, 2.45) is 0 Å². The summed E-state index contributed by atoms with van der Waals surface area (Å²) < 4.78 is 22.9. The molecule has 1 aliphatic heterocycles. The molecule has 9 nitrogen and oxygen atoms in total. The van der Waals surface area contributed by atoms with Crippen molar-refractivity contribution in [3.63, 3.8) is 0 Å². The van der Waals surface area contributed by atoms with Gasteiger partial charge in [0.2, 0.25) is 0 Å². The Labute approximate surface area is 235 Å². The van der Waals surface area contributed by atoms with E-state index in [4.69, 9.17) is 18.9 Å². The number of ether oxygens (including phenoxy) is 4. The molecule has 0 saturated carbocycles. The quantitative estimate of drug-likeness (QED) is 0.157. The third-order valence-electron chi connectivity index (χ3n) is 6.46. The molecule has 0 aliphatic carbocycles. The molecule has 1 aromatic heterocycles. The third kappa shape index (κ3) is 4.82. The average Bonchev–Trinajstić information content (AvgIpc) is 3.50. The van der Waals surface area contributed by atoms with Crippen molar-refractivity contribution < 1.29 is 33.6 Å². The molecule has 40 heavy (non-hydrogen) atoms. The van der Waals surface area contributed by atoms with Crippen molar-refractivity contribution in [1.82, 2.24) is 4.98 Å². The Morgan fingerprint density at radius 2 is 1.73 bits per heavy atom. The number of Topliss-reactive ketones (excluding diaryl/α,β-unsaturated/α-hetero) is 1. The number of aliphatic hydroxyl groups excluding tert-OH is 1. The number of hydrogen-bond acceptors (Lipinski definition) is 9. The van der Waals surface area contributed by atoms with Crippen LogP contribution in [0.25, 0.3) is 16.0 Å². The number of aromatic nitrogens is 1. The molecular formula is C30H28N2O7S. The van der Waals surface area contributed by atoms with Gasteiger partial charge in [-0.3, -0.25) is 14.5 Å². The second-order valence-electron chi connectivity index (χ2n) is 8.80. The van der Waals surface area contributed by atoms with Crippen LogP contribution in [0.1, 0.15) is 31.0 Å². The number of anilines is 1. The van der Waals surface area contributed by atoms with Gasteiger partial charge < -0.3 is 24.1 Å². The van der Waals surface area contributed by atoms with Crippen molar-refractivity contribution >= 4 is 44.1 Å². The highest BCUT2D eigenvalue weighted by molar-refractivity contribution is 7.22. The maximum Gasteiger partial charge on any atom is 0.301 e. The van der Waals surface area contributed by atoms with E-state index in [0.29, 0.717) is 58.0 Å². The van der Waals surface area contributed by atoms with E-state index in [0.717, 1.165) is 4.70 Å². The van der Waals surface area contributed by atoms with Crippen LogP contribution in [0.15, 0.2) is 66.2 Å². The number of hydrogen-bond donors (Lipinski definition) is 1. The summed E-state index contributed by atoms with van der Waals surface area (Å²) in [5, 5.41) is 11.8. The summed E-state index contributed by atoms with van der Waals surface area (Å²) >= 11 is 1.26. The van der Waals surface area contributed by atoms with Crippen molar-refractivity contribution in [2.45, 2.75) is 19.9 Å². The Hall–Kier alpha value is -4.57. The summed E-state index contributed by atoms with van der Waals surface area (Å²) in [6, 6.07) is 16.3. The first-order valence-electron chi connectivity index (χ1n) is 12.7. The number of aliphatic hydroxyl groups is 1. The van der Waals surface area contributed by atoms with Crippen LogP contribution < -0.4 is 23.8 Å². The molecule has 5 rings (SSSR count). The van der Waals surface area contributed by atoms with Gasteiger partial charge in [-0.25, -0.2) is 4.98 Å². The van der Waals surface area contributed by atoms with Gasteiger partial charge in [0.1, 0.15) is 17.3 Å². The van der Waals surface area contributed by atoms with Gasteiger partial charge in [-0.1, -0.05) is 29.5 Å². The molecule has 0 bridgehead atoms. The number of ketones is 1. The van der Waals surface area contributed by atoms with Crippen molar-refractivity contribution in [2.75, 3.05) is 32.3 Å². The van der Waals surface area contributed by atoms with Crippen molar-refractivity contribution in [1.29, 1.82) is 0 Å². The molecule has 1 saturated heterocycles. The van der Waals surface area contributed by atoms with E-state index in [1.54, 1.807) is 48.5 Å². The molecule has 4 aromatic rings. The van der Waals surface area contributed by atoms with Crippen LogP contribution in [0.3, 0.4) is 0 Å². The highest BCUT2D eigenvalue weighted by Crippen LogP contribution is 2.46. The molecular weight excluding hydrogens is 532 g/mol. The lowest BCUT2D eigenvalue weighted by molar-refractivity contribution is -0.132. The van der Waals surface area contributed by atoms with Crippen molar-refractivity contribution in [3.8, 4) is 23.0 Å². The number of thiazole rings is 1. The second kappa shape index (κ2) is 11.3. The molecule has 1 amide bonds. The summed E-state index contributed by atoms with van der Waals surface area (Å²) in [5.41, 5.74) is 1.46. The number of amides is 1. The lowest BCUT2D eigenvalue weighted by atomic mass is 9.95. The smallest absolute Gasteiger partial charge is 0.301 e. The molecule has 0 radical (unpaired) electrons. The van der Waals surface area contributed by atoms with Crippen LogP contribution in [0.5, 0.6) is 23.0 Å². The Bertz CT molecular complexity index is 1630. The van der Waals surface area contributed by atoms with Gasteiger partial charge >= 0.3 is 5.91 Å². The molecule has 2 heterocycles. The molecule has 1 unspecified atom stereocenters. The Balaban J connectivity index is 1.71. The van der Waals surface area contributed by atoms with E-state index in [-0.39, 0.29) is 11.3 Å². The zero-order valence-corrected chi connectivity index (χ0v) is 23.3. The van der Waals surface area contributed by atoms with Crippen LogP contribution in [0, 0.1) is 0 Å². The Kier molecular flexibility index (Phi) is 7.61. The SMILES string of the molecule is CCOc1ccc2nc(N3C(=O)C(=O)C(=C(O)c4cccc(OC)c4)C3c3ccc(OCC)c(OC)c3)sc2c1. The van der Waals surface area contributed by atoms with Gasteiger partial charge in [-0.05, 0) is 61.9 Å². The fraction of sp³-hybridized carbons (Fsp3) is 0.233. The fourth-order valence-corrected chi connectivity index (χ4v) is 5.67. The molecule has 0 spiro atoms. The van der Waals surface area contributed by atoms with E-state index in [1.807, 2.05) is 26.0 Å². The maximum atomic E-state index is 13.6. The van der Waals surface area contributed by atoms with Gasteiger partial charge in [-0.2, -0.15) is 0 Å². The summed E-state index contributed by atoms with van der Waals surface area (Å²) in [4.78, 5) is 33.2. The summed E-state index contributed by atoms with van der Waals surface area (Å²) in [5.74, 6) is 0.169. The van der Waals surface area contributed by atoms with Crippen molar-refractivity contribution in [3.05, 3.63) is 77.4 Å². The first-order chi connectivity index (χ1) is 19.4. The second-order valence-corrected chi connectivity index (χ2v) is 9.81. The molecule has 1 fully saturated rings. The van der Waals surface area contributed by atoms with Gasteiger partial charge in [0.05, 0.1) is 49.3 Å². The van der Waals surface area contributed by atoms with Crippen LogP contribution in [0.4, 0.5) is 5.13 Å². The summed E-state index contributed by atoms with van der Waals surface area (Å²) in [6.07, 6.45) is 0. The van der Waals surface area contributed by atoms with E-state index >= 15 is 0 Å². The fourth-order valence-electron chi connectivity index (χ4n) is 4.65. The first kappa shape index (κ1) is 27.0. The Morgan fingerprint density at radius 1 is 0.925 bits per heavy atom. The maximum absolute atomic E-state index is 13.6. The lowest BCUT2D eigenvalue weighted by Gasteiger charge is -2.24. The van der Waals surface area contributed by atoms with E-state index in [1.165, 1.54) is 30.5 Å². The molecule has 10 heteroatoms. The number of carbonyl (C=O) groups excluding carboxylic acids is 2. The zero-order valence-electron chi connectivity index (χ0n) is 22.5. The molecule has 206 valence electrons. The molecule has 1 atom stereocenters. The number of carbonyl (C=O) groups is 2. The van der Waals surface area contributed by atoms with Crippen LogP contribution in [0.2, 0.25) is 0 Å². The molecule has 3 aromatic carbocycles. The van der Waals surface area contributed by atoms with E-state index in [2.05, 4.69) is 4.98 Å². The number of methoxy groups -OCH3 is 2. The highest BCUT2D eigenvalue weighted by Gasteiger charge is 2.48. The monoisotopic (exact) mass is 560 g/mol. The predicted molar refractivity (Wildman–Crippen MR) is 153 cm³/mol. The number of nitrogens with zero attached hydrogens (tertiary/aromatic N) is 2. The normalized spacial score (nSPS) is 16.4. The molecule has 1 N–H and O–H groups in total. The van der Waals surface area contributed by atoms with Gasteiger partial charge in [0.15, 0.2) is 16.6 Å². The number of benzene rings is 3. The average molecular weight is 561 g/mol. The number of fused-ring (bicyclic) bond motifs is 1. The standard InChI is InChI=1S/C30H28N2O7S/c1-5-38-20-11-12-21-24(16-20)40-30(31-21)32-26(17-10-13-22(39-6-2)23(15-17)37-4)25(28(34)29(32)35)27(33)18-8-7-9-19(14-18)36-3/h7-16,26,33H,5-6H2,1-4H3. The highest BCUT2D eigenvalue weighted by atomic mass is 32.1. The minimum Gasteiger partial charge on any atom is -0.507 e. The lowest BCUT2D eigenvalue weighted by Crippen LogP contribution is -2.29. The van der Waals surface area contributed by atoms with Crippen LogP contribution >= 0.6 is 11.3 Å². The topological polar surface area (TPSA) is 107 Å². The van der Waals surface area contributed by atoms with Gasteiger partial charge in [0, 0.05) is 5.56 Å². The third-order valence-corrected chi connectivity index (χ3v) is 7.47. The van der Waals surface area contributed by atoms with Gasteiger partial charge in [0.25, 0.3) is 5.78 Å². The van der Waals surface area contributed by atoms with E-state index in [9.17, 15) is 14.7 Å². The number of rotatable bonds is 9. The van der Waals surface area contributed by atoms with Gasteiger partial charge in [-0.15, -0.1) is 0 Å². The molecule has 1 aliphatic rings. The zero-order chi connectivity index (χ0) is 28.4. The summed E-state index contributed by atoms with van der Waals surface area (Å²) in [7, 11) is 3.02. The Morgan fingerprint density at radius 3 is 2.45 bits per heavy atom. The van der Waals surface area contributed by atoms with Crippen LogP contribution in [-0.2, 0) is 9.59 Å². The summed E-state index contributed by atoms with van der Waals surface area (Å²) in [6.45, 7) is 4.70. The first-order valence-corrected chi connectivity index (χ1v) is 13.5. The predicted octanol–water partition coefficient (Wildman–Crippen LogP) is 5.74. The minimum atomic E-state index is -0.984. The largest absolute Gasteiger partial charge is 0.507 e. The van der Waals surface area contributed by atoms with E-state index < -0.39 is 17.7 Å². The van der Waals surface area contributed by atoms with Crippen LogP contribution in [-0.4, -0.2) is 49.2 Å².